The van der Waals surface area contributed by atoms with Crippen LogP contribution < -0.4 is 20.9 Å². The smallest absolute Gasteiger partial charge is 0.303 e. The largest absolute Gasteiger partial charge is 0.481 e. The minimum atomic E-state index is -0.765. The van der Waals surface area contributed by atoms with Crippen molar-refractivity contribution in [2.24, 2.45) is 0 Å². The summed E-state index contributed by atoms with van der Waals surface area (Å²) in [5.74, 6) is 0.583. The highest BCUT2D eigenvalue weighted by Gasteiger charge is 2.29. The zero-order chi connectivity index (χ0) is 31.0. The number of unbranched alkanes of at least 4 members (excludes halogenated alkanes) is 1. The molecule has 2 aliphatic rings. The lowest BCUT2D eigenvalue weighted by Crippen LogP contribution is -2.30. The van der Waals surface area contributed by atoms with Crippen molar-refractivity contribution in [3.05, 3.63) is 54.3 Å². The molecule has 0 aliphatic carbocycles. The second kappa shape index (κ2) is 14.3. The molecule has 0 unspecified atom stereocenters. The number of benzene rings is 1. The van der Waals surface area contributed by atoms with Crippen LogP contribution in [0.2, 0.25) is 0 Å². The van der Waals surface area contributed by atoms with Gasteiger partial charge in [-0.1, -0.05) is 0 Å². The van der Waals surface area contributed by atoms with E-state index in [1.54, 1.807) is 6.20 Å². The number of carbonyl (C=O) groups is 2. The molecule has 43 heavy (non-hydrogen) atoms. The van der Waals surface area contributed by atoms with Crippen molar-refractivity contribution in [3.63, 3.8) is 0 Å². The average Bonchev–Trinajstić information content (AvgIpc) is 3.29. The first-order valence-electron chi connectivity index (χ1n) is 15.1. The number of hydrogen-bond acceptors (Lipinski definition) is 9. The molecule has 0 atom stereocenters. The summed E-state index contributed by atoms with van der Waals surface area (Å²) in [5, 5.41) is 18.5. The number of ether oxygens (including phenoxy) is 1. The van der Waals surface area contributed by atoms with Gasteiger partial charge >= 0.3 is 5.97 Å². The van der Waals surface area contributed by atoms with E-state index in [2.05, 4.69) is 49.5 Å². The standard InChI is InChI=1S/C32H45N7O4/c1-22(43-32(2,3)4)38(5)18-15-33-29-28-25(31(42)37-30(28)36-21-35-29)20-34-24-13-14-26(39-16-9-6-10-17-39)23(19-24)11-7-8-12-27(40)41/h13-14,19-21,34H,1,6-12,15-18H2,2-5H3,(H,40,41)(H2,33,35,36,37,42)/b25-20-. The Morgan fingerprint density at radius 1 is 1.21 bits per heavy atom. The Bertz CT molecular complexity index is 1350. The van der Waals surface area contributed by atoms with Gasteiger partial charge in [-0.15, -0.1) is 0 Å². The van der Waals surface area contributed by atoms with E-state index in [4.69, 9.17) is 9.84 Å². The lowest BCUT2D eigenvalue weighted by molar-refractivity contribution is -0.137. The van der Waals surface area contributed by atoms with Gasteiger partial charge in [0.1, 0.15) is 23.6 Å². The van der Waals surface area contributed by atoms with E-state index >= 15 is 0 Å². The van der Waals surface area contributed by atoms with E-state index < -0.39 is 5.97 Å². The van der Waals surface area contributed by atoms with E-state index in [-0.39, 0.29) is 17.9 Å². The van der Waals surface area contributed by atoms with Gasteiger partial charge in [-0.05, 0) is 89.6 Å². The summed E-state index contributed by atoms with van der Waals surface area (Å²) < 4.78 is 5.85. The summed E-state index contributed by atoms with van der Waals surface area (Å²) >= 11 is 0. The molecule has 2 aromatic rings. The number of nitrogens with zero attached hydrogens (tertiary/aromatic N) is 4. The minimum Gasteiger partial charge on any atom is -0.481 e. The third kappa shape index (κ3) is 8.86. The first kappa shape index (κ1) is 31.7. The number of likely N-dealkylation sites (N-methyl/N-ethyl adjacent to an activating group) is 1. The van der Waals surface area contributed by atoms with Crippen molar-refractivity contribution in [1.82, 2.24) is 14.9 Å². The summed E-state index contributed by atoms with van der Waals surface area (Å²) in [6.45, 7) is 13.2. The van der Waals surface area contributed by atoms with Gasteiger partial charge in [-0.25, -0.2) is 9.97 Å². The number of hydrogen-bond donors (Lipinski definition) is 4. The third-order valence-corrected chi connectivity index (χ3v) is 7.43. The van der Waals surface area contributed by atoms with E-state index in [9.17, 15) is 9.59 Å². The van der Waals surface area contributed by atoms with Crippen molar-refractivity contribution in [2.45, 2.75) is 71.3 Å². The zero-order valence-corrected chi connectivity index (χ0v) is 25.8. The fourth-order valence-electron chi connectivity index (χ4n) is 5.26. The van der Waals surface area contributed by atoms with Crippen LogP contribution >= 0.6 is 0 Å². The van der Waals surface area contributed by atoms with Gasteiger partial charge in [0.15, 0.2) is 5.88 Å². The first-order valence-corrected chi connectivity index (χ1v) is 15.1. The van der Waals surface area contributed by atoms with Gasteiger partial charge in [0, 0.05) is 57.2 Å². The number of amides is 1. The molecule has 2 aliphatic heterocycles. The number of rotatable bonds is 14. The van der Waals surface area contributed by atoms with Crippen molar-refractivity contribution in [3.8, 4) is 0 Å². The molecular formula is C32H45N7O4. The molecule has 1 amide bonds. The van der Waals surface area contributed by atoms with Crippen molar-refractivity contribution >= 4 is 40.5 Å². The van der Waals surface area contributed by atoms with Crippen LogP contribution in [0.15, 0.2) is 43.2 Å². The Kier molecular flexibility index (Phi) is 10.5. The van der Waals surface area contributed by atoms with Gasteiger partial charge < -0.3 is 35.6 Å². The number of nitrogens with one attached hydrogen (secondary N) is 3. The lowest BCUT2D eigenvalue weighted by atomic mass is 10.0. The van der Waals surface area contributed by atoms with Crippen LogP contribution in [-0.4, -0.2) is 70.7 Å². The molecule has 4 N–H and O–H groups in total. The van der Waals surface area contributed by atoms with Gasteiger partial charge in [0.05, 0.1) is 11.1 Å². The van der Waals surface area contributed by atoms with Gasteiger partial charge in [0.2, 0.25) is 0 Å². The maximum atomic E-state index is 13.0. The summed E-state index contributed by atoms with van der Waals surface area (Å²) in [5.41, 5.74) is 3.96. The molecule has 11 nitrogen and oxygen atoms in total. The quantitative estimate of drug-likeness (QED) is 0.130. The number of aryl methyl sites for hydroxylation is 1. The van der Waals surface area contributed by atoms with Crippen molar-refractivity contribution in [1.29, 1.82) is 0 Å². The number of aliphatic carboxylic acids is 1. The van der Waals surface area contributed by atoms with E-state index in [1.165, 1.54) is 36.8 Å². The molecule has 1 fully saturated rings. The summed E-state index contributed by atoms with van der Waals surface area (Å²) in [7, 11) is 1.91. The van der Waals surface area contributed by atoms with Crippen LogP contribution in [0.5, 0.6) is 0 Å². The number of carboxylic acid groups (broad SMARTS) is 1. The summed E-state index contributed by atoms with van der Waals surface area (Å²) in [6, 6.07) is 6.27. The topological polar surface area (TPSA) is 132 Å². The molecule has 0 spiro atoms. The van der Waals surface area contributed by atoms with Crippen molar-refractivity contribution < 1.29 is 19.4 Å². The monoisotopic (exact) mass is 591 g/mol. The molecule has 0 saturated carbocycles. The Hall–Kier alpha value is -4.28. The normalized spacial score (nSPS) is 15.6. The molecule has 1 saturated heterocycles. The second-order valence-corrected chi connectivity index (χ2v) is 12.1. The molecule has 0 radical (unpaired) electrons. The predicted molar refractivity (Wildman–Crippen MR) is 171 cm³/mol. The van der Waals surface area contributed by atoms with Gasteiger partial charge in [-0.2, -0.15) is 0 Å². The van der Waals surface area contributed by atoms with Crippen LogP contribution in [0.3, 0.4) is 0 Å². The van der Waals surface area contributed by atoms with Gasteiger partial charge in [0.25, 0.3) is 5.91 Å². The summed E-state index contributed by atoms with van der Waals surface area (Å²) in [6.07, 6.45) is 9.12. The molecule has 3 heterocycles. The Labute approximate surface area is 254 Å². The maximum Gasteiger partial charge on any atom is 0.303 e. The second-order valence-electron chi connectivity index (χ2n) is 12.1. The average molecular weight is 592 g/mol. The number of carbonyl (C=O) groups excluding carboxylic acids is 1. The molecular weight excluding hydrogens is 546 g/mol. The number of fused-ring (bicyclic) bond motifs is 1. The number of aromatic nitrogens is 2. The van der Waals surface area contributed by atoms with Gasteiger partial charge in [-0.3, -0.25) is 9.59 Å². The third-order valence-electron chi connectivity index (χ3n) is 7.43. The lowest BCUT2D eigenvalue weighted by Gasteiger charge is -2.31. The van der Waals surface area contributed by atoms with Crippen LogP contribution in [0.1, 0.15) is 70.4 Å². The van der Waals surface area contributed by atoms with Crippen LogP contribution in [0.4, 0.5) is 23.0 Å². The predicted octanol–water partition coefficient (Wildman–Crippen LogP) is 5.30. The molecule has 4 rings (SSSR count). The van der Waals surface area contributed by atoms with Crippen molar-refractivity contribution in [2.75, 3.05) is 54.1 Å². The fraction of sp³-hybridized carbons (Fsp3) is 0.500. The maximum absolute atomic E-state index is 13.0. The highest BCUT2D eigenvalue weighted by Crippen LogP contribution is 2.35. The zero-order valence-electron chi connectivity index (χ0n) is 25.8. The van der Waals surface area contributed by atoms with Crippen LogP contribution in [-0.2, 0) is 20.7 Å². The Morgan fingerprint density at radius 2 is 1.98 bits per heavy atom. The molecule has 232 valence electrons. The highest BCUT2D eigenvalue weighted by atomic mass is 16.5. The number of piperidine rings is 1. The number of anilines is 4. The minimum absolute atomic E-state index is 0.172. The molecule has 11 heteroatoms. The van der Waals surface area contributed by atoms with E-state index in [1.807, 2.05) is 38.8 Å². The van der Waals surface area contributed by atoms with E-state index in [0.29, 0.717) is 48.2 Å². The highest BCUT2D eigenvalue weighted by molar-refractivity contribution is 6.32. The van der Waals surface area contributed by atoms with E-state index in [0.717, 1.165) is 31.6 Å². The fourth-order valence-corrected chi connectivity index (χ4v) is 5.26. The molecule has 1 aromatic carbocycles. The first-order chi connectivity index (χ1) is 20.5. The number of carboxylic acids is 1. The van der Waals surface area contributed by atoms with Crippen LogP contribution in [0, 0.1) is 0 Å². The SMILES string of the molecule is C=C(OC(C)(C)C)N(C)CCNc1ncnc2c1/C(=C/Nc1ccc(N3CCCCC3)c(CCCCC(=O)O)c1)C(=O)N2. The van der Waals surface area contributed by atoms with Crippen LogP contribution in [0.25, 0.3) is 5.57 Å². The molecule has 0 bridgehead atoms. The molecule has 1 aromatic heterocycles. The summed E-state index contributed by atoms with van der Waals surface area (Å²) in [4.78, 5) is 37.0. The Morgan fingerprint density at radius 3 is 2.70 bits per heavy atom. The Balaban J connectivity index is 1.48.